The molecule has 0 saturated carbocycles. The normalized spacial score (nSPS) is 30.6. The van der Waals surface area contributed by atoms with Gasteiger partial charge in [-0.15, -0.1) is 0 Å². The van der Waals surface area contributed by atoms with Gasteiger partial charge in [-0.2, -0.15) is 0 Å². The first-order valence-corrected chi connectivity index (χ1v) is 5.11. The molecule has 2 aliphatic rings. The fourth-order valence-corrected chi connectivity index (χ4v) is 1.63. The van der Waals surface area contributed by atoms with Crippen molar-refractivity contribution in [2.75, 3.05) is 6.61 Å². The Morgan fingerprint density at radius 2 is 2.29 bits per heavy atom. The van der Waals surface area contributed by atoms with E-state index in [0.29, 0.717) is 12.0 Å². The average molecular weight is 190 g/mol. The van der Waals surface area contributed by atoms with Crippen LogP contribution < -0.4 is 0 Å². The van der Waals surface area contributed by atoms with E-state index in [0.717, 1.165) is 18.1 Å². The van der Waals surface area contributed by atoms with Gasteiger partial charge >= 0.3 is 0 Å². The van der Waals surface area contributed by atoms with Gasteiger partial charge in [0.15, 0.2) is 0 Å². The molecular formula is C12H16NO-. The third-order valence-corrected chi connectivity index (χ3v) is 2.71. The first-order valence-electron chi connectivity index (χ1n) is 5.11. The molecule has 0 amide bonds. The number of nitrogens with zero attached hydrogens (tertiary/aromatic N) is 1. The van der Waals surface area contributed by atoms with Gasteiger partial charge < -0.3 is 10.1 Å². The van der Waals surface area contributed by atoms with Gasteiger partial charge in [-0.25, -0.2) is 0 Å². The minimum absolute atomic E-state index is 0.333. The molecule has 14 heavy (non-hydrogen) atoms. The number of ether oxygens (including phenoxy) is 1. The summed E-state index contributed by atoms with van der Waals surface area (Å²) < 4.78 is 5.60. The van der Waals surface area contributed by atoms with Crippen molar-refractivity contribution in [2.45, 2.75) is 26.8 Å². The molecule has 0 aromatic carbocycles. The summed E-state index contributed by atoms with van der Waals surface area (Å²) in [5.74, 6) is 1.38. The van der Waals surface area contributed by atoms with Crippen LogP contribution in [0.25, 0.3) is 5.32 Å². The molecule has 1 aliphatic carbocycles. The molecule has 1 saturated heterocycles. The monoisotopic (exact) mass is 190 g/mol. The maximum atomic E-state index is 5.60. The van der Waals surface area contributed by atoms with Crippen molar-refractivity contribution in [3.63, 3.8) is 0 Å². The van der Waals surface area contributed by atoms with E-state index in [1.54, 1.807) is 0 Å². The average Bonchev–Trinajstić information content (AvgIpc) is 2.71. The van der Waals surface area contributed by atoms with Gasteiger partial charge in [0, 0.05) is 5.88 Å². The Morgan fingerprint density at radius 1 is 1.50 bits per heavy atom. The van der Waals surface area contributed by atoms with E-state index in [4.69, 9.17) is 4.74 Å². The predicted molar refractivity (Wildman–Crippen MR) is 57.9 cm³/mol. The van der Waals surface area contributed by atoms with E-state index >= 15 is 0 Å². The molecule has 0 N–H and O–H groups in total. The highest BCUT2D eigenvalue weighted by molar-refractivity contribution is 5.51. The van der Waals surface area contributed by atoms with Gasteiger partial charge in [-0.1, -0.05) is 44.0 Å². The van der Waals surface area contributed by atoms with Crippen LogP contribution in [0.5, 0.6) is 0 Å². The highest BCUT2D eigenvalue weighted by Gasteiger charge is 2.15. The molecule has 0 radical (unpaired) electrons. The molecule has 1 fully saturated rings. The van der Waals surface area contributed by atoms with Crippen molar-refractivity contribution in [2.24, 2.45) is 5.92 Å². The van der Waals surface area contributed by atoms with E-state index in [-0.39, 0.29) is 0 Å². The van der Waals surface area contributed by atoms with E-state index in [2.05, 4.69) is 38.2 Å². The van der Waals surface area contributed by atoms with Crippen LogP contribution >= 0.6 is 0 Å². The lowest BCUT2D eigenvalue weighted by atomic mass is 10.1. The standard InChI is InChI=1S/C12H16NO/c1-8(2)11-7-14-12(13-11)10-6-4-5-9(10)3/h4-6,8,11H,7H2,1-3H3/q-1/b12-10+/t11-/m1/s1. The topological polar surface area (TPSA) is 23.3 Å². The fraction of sp³-hybridized carbons (Fsp3) is 0.500. The molecule has 0 aromatic rings. The van der Waals surface area contributed by atoms with E-state index < -0.39 is 0 Å². The van der Waals surface area contributed by atoms with Crippen LogP contribution in [0.4, 0.5) is 0 Å². The lowest BCUT2D eigenvalue weighted by molar-refractivity contribution is 0.243. The highest BCUT2D eigenvalue weighted by Crippen LogP contribution is 2.33. The fourth-order valence-electron chi connectivity index (χ4n) is 1.63. The lowest BCUT2D eigenvalue weighted by Crippen LogP contribution is -2.12. The summed E-state index contributed by atoms with van der Waals surface area (Å²) in [6.07, 6.45) is 6.19. The Morgan fingerprint density at radius 3 is 2.79 bits per heavy atom. The zero-order valence-electron chi connectivity index (χ0n) is 8.95. The molecule has 1 aliphatic heterocycles. The Bertz CT molecular complexity index is 323. The van der Waals surface area contributed by atoms with E-state index in [1.165, 1.54) is 5.57 Å². The largest absolute Gasteiger partial charge is 0.648 e. The van der Waals surface area contributed by atoms with Crippen molar-refractivity contribution in [1.29, 1.82) is 0 Å². The molecule has 0 aromatic heterocycles. The third kappa shape index (κ3) is 1.57. The zero-order chi connectivity index (χ0) is 10.1. The van der Waals surface area contributed by atoms with Crippen molar-refractivity contribution in [3.8, 4) is 0 Å². The lowest BCUT2D eigenvalue weighted by Gasteiger charge is -2.25. The molecule has 0 unspecified atom stereocenters. The predicted octanol–water partition coefficient (Wildman–Crippen LogP) is 3.14. The Hall–Kier alpha value is -1.18. The number of hydrogen-bond donors (Lipinski definition) is 0. The van der Waals surface area contributed by atoms with Crippen LogP contribution in [0.1, 0.15) is 20.8 Å². The van der Waals surface area contributed by atoms with Crippen LogP contribution in [-0.2, 0) is 4.74 Å². The zero-order valence-corrected chi connectivity index (χ0v) is 8.95. The minimum atomic E-state index is 0.333. The SMILES string of the molecule is CC1=CC=C/C1=C1/[N-][C@@H](C(C)C)CO1. The summed E-state index contributed by atoms with van der Waals surface area (Å²) in [5.41, 5.74) is 2.39. The molecule has 0 bridgehead atoms. The van der Waals surface area contributed by atoms with Gasteiger partial charge in [-0.3, -0.25) is 0 Å². The molecule has 2 rings (SSSR count). The Balaban J connectivity index is 2.15. The maximum Gasteiger partial charge on any atom is 0.0726 e. The second-order valence-corrected chi connectivity index (χ2v) is 4.18. The molecular weight excluding hydrogens is 174 g/mol. The molecule has 76 valence electrons. The van der Waals surface area contributed by atoms with Gasteiger partial charge in [0.2, 0.25) is 0 Å². The van der Waals surface area contributed by atoms with Crippen molar-refractivity contribution in [3.05, 3.63) is 40.6 Å². The summed E-state index contributed by atoms with van der Waals surface area (Å²) in [6.45, 7) is 7.18. The summed E-state index contributed by atoms with van der Waals surface area (Å²) in [4.78, 5) is 0. The van der Waals surface area contributed by atoms with Crippen LogP contribution in [0.15, 0.2) is 35.3 Å². The first kappa shape index (κ1) is 9.38. The molecule has 2 nitrogen and oxygen atoms in total. The van der Waals surface area contributed by atoms with Crippen LogP contribution in [-0.4, -0.2) is 12.6 Å². The van der Waals surface area contributed by atoms with Crippen molar-refractivity contribution in [1.82, 2.24) is 0 Å². The van der Waals surface area contributed by atoms with Crippen LogP contribution in [0.2, 0.25) is 0 Å². The summed E-state index contributed by atoms with van der Waals surface area (Å²) in [5, 5.41) is 4.59. The molecule has 1 heterocycles. The highest BCUT2D eigenvalue weighted by atomic mass is 16.5. The van der Waals surface area contributed by atoms with Crippen LogP contribution in [0, 0.1) is 5.92 Å². The molecule has 2 heteroatoms. The number of hydrogen-bond acceptors (Lipinski definition) is 1. The smallest absolute Gasteiger partial charge is 0.0726 e. The van der Waals surface area contributed by atoms with Gasteiger partial charge in [0.1, 0.15) is 0 Å². The quantitative estimate of drug-likeness (QED) is 0.623. The molecule has 1 atom stereocenters. The van der Waals surface area contributed by atoms with Gasteiger partial charge in [-0.05, 0) is 18.1 Å². The number of rotatable bonds is 1. The van der Waals surface area contributed by atoms with Crippen molar-refractivity contribution < 1.29 is 4.74 Å². The maximum absolute atomic E-state index is 5.60. The van der Waals surface area contributed by atoms with Gasteiger partial charge in [0.05, 0.1) is 6.61 Å². The van der Waals surface area contributed by atoms with E-state index in [1.807, 2.05) is 6.08 Å². The second kappa shape index (κ2) is 3.52. The van der Waals surface area contributed by atoms with E-state index in [9.17, 15) is 0 Å². The van der Waals surface area contributed by atoms with Gasteiger partial charge in [0.25, 0.3) is 0 Å². The summed E-state index contributed by atoms with van der Waals surface area (Å²) >= 11 is 0. The Kier molecular flexibility index (Phi) is 2.36. The Labute approximate surface area is 85.3 Å². The van der Waals surface area contributed by atoms with Crippen molar-refractivity contribution >= 4 is 0 Å². The minimum Gasteiger partial charge on any atom is -0.648 e. The first-order chi connectivity index (χ1) is 6.68. The second-order valence-electron chi connectivity index (χ2n) is 4.18. The summed E-state index contributed by atoms with van der Waals surface area (Å²) in [7, 11) is 0. The molecule has 0 spiro atoms. The summed E-state index contributed by atoms with van der Waals surface area (Å²) in [6, 6.07) is 0.333. The third-order valence-electron chi connectivity index (χ3n) is 2.71. The number of allylic oxidation sites excluding steroid dienone is 5. The van der Waals surface area contributed by atoms with Crippen LogP contribution in [0.3, 0.4) is 0 Å².